The van der Waals surface area contributed by atoms with Crippen LogP contribution in [0.3, 0.4) is 0 Å². The molecule has 0 spiro atoms. The zero-order valence-electron chi connectivity index (χ0n) is 32.3. The molecule has 0 saturated carbocycles. The third kappa shape index (κ3) is 7.60. The highest BCUT2D eigenvalue weighted by Crippen LogP contribution is 2.47. The highest BCUT2D eigenvalue weighted by atomic mass is 16.2. The van der Waals surface area contributed by atoms with Gasteiger partial charge in [-0.3, -0.25) is 9.59 Å². The fourth-order valence-corrected chi connectivity index (χ4v) is 8.00. The summed E-state index contributed by atoms with van der Waals surface area (Å²) < 4.78 is 0. The van der Waals surface area contributed by atoms with Crippen LogP contribution in [-0.4, -0.2) is 21.6 Å². The number of fused-ring (bicyclic) bond motifs is 1. The lowest BCUT2D eigenvalue weighted by atomic mass is 10.0. The first-order chi connectivity index (χ1) is 27.2. The van der Waals surface area contributed by atoms with Gasteiger partial charge in [0, 0.05) is 0 Å². The molecule has 6 aromatic rings. The zero-order chi connectivity index (χ0) is 38.8. The molecular formula is C52H44N2O2. The predicted molar refractivity (Wildman–Crippen MR) is 230 cm³/mol. The van der Waals surface area contributed by atoms with Gasteiger partial charge in [0.05, 0.1) is 35.6 Å². The van der Waals surface area contributed by atoms with Crippen molar-refractivity contribution in [3.8, 4) is 0 Å². The lowest BCUT2D eigenvalue weighted by Gasteiger charge is -2.26. The van der Waals surface area contributed by atoms with Gasteiger partial charge in [0.2, 0.25) is 0 Å². The molecule has 4 nitrogen and oxygen atoms in total. The molecule has 56 heavy (non-hydrogen) atoms. The van der Waals surface area contributed by atoms with Gasteiger partial charge in [-0.15, -0.1) is 0 Å². The quantitative estimate of drug-likeness (QED) is 0.132. The van der Waals surface area contributed by atoms with E-state index in [2.05, 4.69) is 137 Å². The molecule has 0 aromatic heterocycles. The molecule has 0 atom stereocenters. The topological polar surface area (TPSA) is 40.6 Å². The van der Waals surface area contributed by atoms with Crippen molar-refractivity contribution < 1.29 is 9.59 Å². The van der Waals surface area contributed by atoms with Crippen LogP contribution >= 0.6 is 0 Å². The summed E-state index contributed by atoms with van der Waals surface area (Å²) in [6.45, 7) is 9.00. The number of hydrogen-bond donors (Lipinski definition) is 0. The third-order valence-electron chi connectivity index (χ3n) is 10.3. The monoisotopic (exact) mass is 728 g/mol. The molecule has 274 valence electrons. The summed E-state index contributed by atoms with van der Waals surface area (Å²) in [6, 6.07) is 49.5. The van der Waals surface area contributed by atoms with Crippen LogP contribution in [0.25, 0.3) is 35.7 Å². The summed E-state index contributed by atoms with van der Waals surface area (Å²) >= 11 is 0. The second kappa shape index (κ2) is 15.5. The molecule has 0 aliphatic carbocycles. The molecule has 2 heterocycles. The van der Waals surface area contributed by atoms with Crippen molar-refractivity contribution in [3.05, 3.63) is 224 Å². The van der Waals surface area contributed by atoms with E-state index in [-0.39, 0.29) is 11.8 Å². The van der Waals surface area contributed by atoms with Crippen LogP contribution in [0.5, 0.6) is 0 Å². The first-order valence-corrected chi connectivity index (χ1v) is 19.1. The highest BCUT2D eigenvalue weighted by Gasteiger charge is 2.48. The van der Waals surface area contributed by atoms with E-state index in [4.69, 9.17) is 0 Å². The van der Waals surface area contributed by atoms with E-state index in [0.29, 0.717) is 35.6 Å². The number of hydrogen-bond acceptors (Lipinski definition) is 2. The molecule has 0 N–H and O–H groups in total. The summed E-state index contributed by atoms with van der Waals surface area (Å²) in [5, 5.41) is 0. The van der Waals surface area contributed by atoms with Gasteiger partial charge in [0.1, 0.15) is 0 Å². The normalized spacial score (nSPS) is 14.3. The fourth-order valence-electron chi connectivity index (χ4n) is 8.00. The lowest BCUT2D eigenvalue weighted by molar-refractivity contribution is -0.124. The zero-order valence-corrected chi connectivity index (χ0v) is 32.3. The van der Waals surface area contributed by atoms with Crippen molar-refractivity contribution >= 4 is 47.5 Å². The summed E-state index contributed by atoms with van der Waals surface area (Å²) in [6.07, 6.45) is 8.34. The Kier molecular flexibility index (Phi) is 10.0. The second-order valence-electron chi connectivity index (χ2n) is 15.0. The average molecular weight is 729 g/mol. The summed E-state index contributed by atoms with van der Waals surface area (Å²) in [5.74, 6) is -0.330. The van der Waals surface area contributed by atoms with E-state index in [1.54, 1.807) is 0 Å². The van der Waals surface area contributed by atoms with E-state index < -0.39 is 0 Å². The van der Waals surface area contributed by atoms with Crippen molar-refractivity contribution in [2.24, 2.45) is 0 Å². The Morgan fingerprint density at radius 3 is 1.02 bits per heavy atom. The Bertz CT molecular complexity index is 2350. The maximum atomic E-state index is 15.1. The van der Waals surface area contributed by atoms with Crippen molar-refractivity contribution in [2.75, 3.05) is 0 Å². The summed E-state index contributed by atoms with van der Waals surface area (Å²) in [7, 11) is 0. The van der Waals surface area contributed by atoms with Gasteiger partial charge < -0.3 is 9.80 Å². The minimum atomic E-state index is -0.165. The van der Waals surface area contributed by atoms with Crippen molar-refractivity contribution in [3.63, 3.8) is 0 Å². The first kappa shape index (κ1) is 36.2. The summed E-state index contributed by atoms with van der Waals surface area (Å²) in [4.78, 5) is 33.7. The molecule has 0 unspecified atom stereocenters. The molecule has 8 rings (SSSR count). The lowest BCUT2D eigenvalue weighted by Crippen LogP contribution is -2.29. The van der Waals surface area contributed by atoms with E-state index in [0.717, 1.165) is 66.8 Å². The van der Waals surface area contributed by atoms with E-state index in [1.165, 1.54) is 0 Å². The highest BCUT2D eigenvalue weighted by molar-refractivity contribution is 6.30. The van der Waals surface area contributed by atoms with Crippen LogP contribution in [0.1, 0.15) is 66.8 Å². The van der Waals surface area contributed by atoms with Gasteiger partial charge in [-0.2, -0.15) is 0 Å². The van der Waals surface area contributed by atoms with Crippen molar-refractivity contribution in [2.45, 2.75) is 40.8 Å². The first-order valence-electron chi connectivity index (χ1n) is 19.1. The molecule has 0 saturated heterocycles. The Labute approximate surface area is 330 Å². The van der Waals surface area contributed by atoms with E-state index in [9.17, 15) is 0 Å². The number of amides is 2. The minimum absolute atomic E-state index is 0.165. The number of benzene rings is 6. The molecule has 0 bridgehead atoms. The van der Waals surface area contributed by atoms with Crippen LogP contribution in [0.2, 0.25) is 0 Å². The molecule has 2 aliphatic heterocycles. The fraction of sp³-hybridized carbons (Fsp3) is 0.115. The maximum Gasteiger partial charge on any atom is 0.261 e. The smallest absolute Gasteiger partial charge is 0.261 e. The molecular weight excluding hydrogens is 685 g/mol. The molecule has 2 amide bonds. The van der Waals surface area contributed by atoms with Crippen LogP contribution in [0.15, 0.2) is 157 Å². The van der Waals surface area contributed by atoms with Gasteiger partial charge in [-0.05, 0) is 72.2 Å². The molecule has 0 radical (unpaired) electrons. The molecule has 0 fully saturated rings. The predicted octanol–water partition coefficient (Wildman–Crippen LogP) is 11.5. The number of carbonyl (C=O) groups excluding carboxylic acids is 2. The van der Waals surface area contributed by atoms with E-state index in [1.807, 2.05) is 70.5 Å². The Morgan fingerprint density at radius 2 is 0.696 bits per heavy atom. The maximum absolute atomic E-state index is 15.1. The Hall–Kier alpha value is -6.78. The van der Waals surface area contributed by atoms with Gasteiger partial charge in [0.15, 0.2) is 0 Å². The van der Waals surface area contributed by atoms with E-state index >= 15 is 9.59 Å². The van der Waals surface area contributed by atoms with Gasteiger partial charge >= 0.3 is 0 Å². The number of nitrogens with zero attached hydrogens (tertiary/aromatic N) is 2. The van der Waals surface area contributed by atoms with Crippen LogP contribution < -0.4 is 0 Å². The van der Waals surface area contributed by atoms with Crippen LogP contribution in [0, 0.1) is 27.7 Å². The third-order valence-corrected chi connectivity index (χ3v) is 10.3. The Balaban J connectivity index is 1.26. The van der Waals surface area contributed by atoms with Crippen LogP contribution in [0.4, 0.5) is 0 Å². The average Bonchev–Trinajstić information content (AvgIpc) is 3.62. The molecule has 4 heteroatoms. The largest absolute Gasteiger partial charge is 0.302 e. The van der Waals surface area contributed by atoms with Gasteiger partial charge in [0.25, 0.3) is 11.8 Å². The second-order valence-corrected chi connectivity index (χ2v) is 15.0. The minimum Gasteiger partial charge on any atom is -0.302 e. The van der Waals surface area contributed by atoms with Gasteiger partial charge in [-0.1, -0.05) is 192 Å². The number of aryl methyl sites for hydroxylation is 4. The molecule has 6 aromatic carbocycles. The molecule has 2 aliphatic rings. The van der Waals surface area contributed by atoms with Crippen molar-refractivity contribution in [1.82, 2.24) is 9.80 Å². The standard InChI is InChI=1S/C52H44N2O2/c1-35-27-36(2)30-43(29-35)33-53-49(45-23-19-41(20-24-45)17-15-39-11-7-5-8-12-39)47-48(51(53)55)50(54(52(47)56)34-44-31-37(3)28-38(4)32-44)46-25-21-42(22-26-46)18-16-40-13-9-6-10-14-40/h5-32H,33-34H2,1-4H3/b17-15+,18-16+. The number of rotatable bonds is 10. The number of carbonyl (C=O) groups is 2. The van der Waals surface area contributed by atoms with Gasteiger partial charge in [-0.25, -0.2) is 0 Å². The van der Waals surface area contributed by atoms with Crippen molar-refractivity contribution in [1.29, 1.82) is 0 Å². The van der Waals surface area contributed by atoms with Crippen LogP contribution in [-0.2, 0) is 22.7 Å². The SMILES string of the molecule is Cc1cc(C)cc(CN2C(=O)C3=C(c4ccc(/C=C/c5ccccc5)cc4)N(Cc4cc(C)cc(C)c4)C(=O)C3=C2c2ccc(/C=C/c3ccccc3)cc2)c1. The summed E-state index contributed by atoms with van der Waals surface area (Å²) in [5.41, 5.74) is 14.7. The Morgan fingerprint density at radius 1 is 0.393 bits per heavy atom.